The second-order valence-corrected chi connectivity index (χ2v) is 4.75. The fourth-order valence-corrected chi connectivity index (χ4v) is 2.05. The van der Waals surface area contributed by atoms with Crippen LogP contribution in [0.5, 0.6) is 5.75 Å². The van der Waals surface area contributed by atoms with Crippen LogP contribution >= 0.6 is 11.6 Å². The third kappa shape index (κ3) is 2.93. The van der Waals surface area contributed by atoms with Gasteiger partial charge >= 0.3 is 0 Å². The summed E-state index contributed by atoms with van der Waals surface area (Å²) >= 11 is 6.01. The van der Waals surface area contributed by atoms with E-state index in [1.807, 2.05) is 26.0 Å². The summed E-state index contributed by atoms with van der Waals surface area (Å²) in [6, 6.07) is 5.55. The lowest BCUT2D eigenvalue weighted by Crippen LogP contribution is -2.14. The molecule has 1 heterocycles. The van der Waals surface area contributed by atoms with Gasteiger partial charge in [-0.25, -0.2) is 0 Å². The summed E-state index contributed by atoms with van der Waals surface area (Å²) < 4.78 is 6.84. The molecule has 1 amide bonds. The minimum atomic E-state index is -0.355. The molecule has 20 heavy (non-hydrogen) atoms. The first-order chi connectivity index (χ1) is 9.55. The lowest BCUT2D eigenvalue weighted by Gasteiger charge is -2.10. The van der Waals surface area contributed by atoms with E-state index in [9.17, 15) is 4.79 Å². The average molecular weight is 294 g/mol. The van der Waals surface area contributed by atoms with E-state index < -0.39 is 0 Å². The number of amides is 1. The number of hydrogen-bond donors (Lipinski definition) is 1. The molecule has 1 aromatic carbocycles. The molecule has 0 fully saturated rings. The number of anilines is 1. The van der Waals surface area contributed by atoms with Gasteiger partial charge in [-0.1, -0.05) is 17.7 Å². The molecule has 2 aromatic rings. The molecule has 1 aromatic heterocycles. The predicted molar refractivity (Wildman–Crippen MR) is 78.6 cm³/mol. The van der Waals surface area contributed by atoms with Gasteiger partial charge in [0.25, 0.3) is 5.91 Å². The molecule has 6 heteroatoms. The molecule has 0 aliphatic rings. The third-order valence-electron chi connectivity index (χ3n) is 2.86. The Balaban J connectivity index is 2.27. The zero-order valence-electron chi connectivity index (χ0n) is 11.6. The number of nitrogens with zero attached hydrogens (tertiary/aromatic N) is 2. The van der Waals surface area contributed by atoms with Gasteiger partial charge in [0.2, 0.25) is 0 Å². The van der Waals surface area contributed by atoms with Crippen molar-refractivity contribution in [3.8, 4) is 5.75 Å². The Morgan fingerprint density at radius 2 is 2.25 bits per heavy atom. The van der Waals surface area contributed by atoms with E-state index in [0.717, 1.165) is 5.56 Å². The first-order valence-corrected chi connectivity index (χ1v) is 6.62. The molecule has 5 nitrogen and oxygen atoms in total. The summed E-state index contributed by atoms with van der Waals surface area (Å²) in [6.07, 6.45) is 1.63. The molecule has 0 spiro atoms. The standard InChI is InChI=1S/C14H16ClN3O2/c1-4-18-8-10(15)13(17-18)14(19)16-11-7-9(2)5-6-12(11)20-3/h5-8H,4H2,1-3H3,(H,16,19). The van der Waals surface area contributed by atoms with Gasteiger partial charge in [0.05, 0.1) is 17.8 Å². The van der Waals surface area contributed by atoms with E-state index in [1.54, 1.807) is 24.1 Å². The third-order valence-corrected chi connectivity index (χ3v) is 3.14. The fourth-order valence-electron chi connectivity index (χ4n) is 1.81. The van der Waals surface area contributed by atoms with Gasteiger partial charge < -0.3 is 10.1 Å². The maximum Gasteiger partial charge on any atom is 0.277 e. The fraction of sp³-hybridized carbons (Fsp3) is 0.286. The lowest BCUT2D eigenvalue weighted by atomic mass is 10.2. The predicted octanol–water partition coefficient (Wildman–Crippen LogP) is 3.13. The average Bonchev–Trinajstić information content (AvgIpc) is 2.80. The van der Waals surface area contributed by atoms with Crippen molar-refractivity contribution >= 4 is 23.2 Å². The Morgan fingerprint density at radius 3 is 2.85 bits per heavy atom. The van der Waals surface area contributed by atoms with E-state index in [2.05, 4.69) is 10.4 Å². The molecule has 0 aliphatic carbocycles. The Kier molecular flexibility index (Phi) is 4.29. The smallest absolute Gasteiger partial charge is 0.277 e. The summed E-state index contributed by atoms with van der Waals surface area (Å²) in [5, 5.41) is 7.24. The molecule has 2 rings (SSSR count). The second-order valence-electron chi connectivity index (χ2n) is 4.34. The summed E-state index contributed by atoms with van der Waals surface area (Å²) in [7, 11) is 1.55. The molecule has 0 aliphatic heterocycles. The number of ether oxygens (including phenoxy) is 1. The van der Waals surface area contributed by atoms with Crippen molar-refractivity contribution in [3.05, 3.63) is 40.7 Å². The van der Waals surface area contributed by atoms with Crippen LogP contribution < -0.4 is 10.1 Å². The van der Waals surface area contributed by atoms with E-state index in [1.165, 1.54) is 0 Å². The van der Waals surface area contributed by atoms with Crippen LogP contribution in [0.2, 0.25) is 5.02 Å². The van der Waals surface area contributed by atoms with Gasteiger partial charge in [0.1, 0.15) is 5.75 Å². The molecule has 106 valence electrons. The number of rotatable bonds is 4. The van der Waals surface area contributed by atoms with Gasteiger partial charge in [-0.2, -0.15) is 5.10 Å². The number of benzene rings is 1. The van der Waals surface area contributed by atoms with Gasteiger partial charge in [0, 0.05) is 12.7 Å². The number of nitrogens with one attached hydrogen (secondary N) is 1. The lowest BCUT2D eigenvalue weighted by molar-refractivity contribution is 0.102. The summed E-state index contributed by atoms with van der Waals surface area (Å²) in [4.78, 5) is 12.2. The highest BCUT2D eigenvalue weighted by Crippen LogP contribution is 2.26. The van der Waals surface area contributed by atoms with Crippen molar-refractivity contribution in [3.63, 3.8) is 0 Å². The molecule has 0 unspecified atom stereocenters. The van der Waals surface area contributed by atoms with Gasteiger partial charge in [-0.05, 0) is 31.5 Å². The van der Waals surface area contributed by atoms with E-state index in [4.69, 9.17) is 16.3 Å². The summed E-state index contributed by atoms with van der Waals surface area (Å²) in [5.41, 5.74) is 1.82. The Bertz CT molecular complexity index is 637. The van der Waals surface area contributed by atoms with Crippen LogP contribution in [-0.4, -0.2) is 22.8 Å². The van der Waals surface area contributed by atoms with Crippen LogP contribution in [0.25, 0.3) is 0 Å². The minimum absolute atomic E-state index is 0.206. The first-order valence-electron chi connectivity index (χ1n) is 6.24. The van der Waals surface area contributed by atoms with Crippen molar-refractivity contribution in [1.82, 2.24) is 9.78 Å². The molecule has 1 N–H and O–H groups in total. The van der Waals surface area contributed by atoms with Crippen molar-refractivity contribution < 1.29 is 9.53 Å². The number of hydrogen-bond acceptors (Lipinski definition) is 3. The van der Waals surface area contributed by atoms with Gasteiger partial charge in [-0.3, -0.25) is 9.48 Å². The zero-order chi connectivity index (χ0) is 14.7. The van der Waals surface area contributed by atoms with E-state index in [0.29, 0.717) is 23.0 Å². The SMILES string of the molecule is CCn1cc(Cl)c(C(=O)Nc2cc(C)ccc2OC)n1. The van der Waals surface area contributed by atoms with Crippen LogP contribution in [0.4, 0.5) is 5.69 Å². The number of aryl methyl sites for hydroxylation is 2. The highest BCUT2D eigenvalue weighted by atomic mass is 35.5. The number of methoxy groups -OCH3 is 1. The number of aromatic nitrogens is 2. The van der Waals surface area contributed by atoms with Crippen LogP contribution in [0.15, 0.2) is 24.4 Å². The molecule has 0 radical (unpaired) electrons. The largest absolute Gasteiger partial charge is 0.495 e. The van der Waals surface area contributed by atoms with E-state index in [-0.39, 0.29) is 11.6 Å². The van der Waals surface area contributed by atoms with Gasteiger partial charge in [-0.15, -0.1) is 0 Å². The molecule has 0 atom stereocenters. The molecule has 0 saturated heterocycles. The molecule has 0 bridgehead atoms. The highest BCUT2D eigenvalue weighted by Gasteiger charge is 2.17. The first kappa shape index (κ1) is 14.4. The monoisotopic (exact) mass is 293 g/mol. The summed E-state index contributed by atoms with van der Waals surface area (Å²) in [5.74, 6) is 0.237. The molecular formula is C14H16ClN3O2. The minimum Gasteiger partial charge on any atom is -0.495 e. The van der Waals surface area contributed by atoms with Crippen molar-refractivity contribution in [2.45, 2.75) is 20.4 Å². The van der Waals surface area contributed by atoms with Crippen molar-refractivity contribution in [2.24, 2.45) is 0 Å². The highest BCUT2D eigenvalue weighted by molar-refractivity contribution is 6.34. The zero-order valence-corrected chi connectivity index (χ0v) is 12.4. The van der Waals surface area contributed by atoms with E-state index >= 15 is 0 Å². The Hall–Kier alpha value is -2.01. The topological polar surface area (TPSA) is 56.2 Å². The maximum atomic E-state index is 12.2. The summed E-state index contributed by atoms with van der Waals surface area (Å²) in [6.45, 7) is 4.52. The normalized spacial score (nSPS) is 10.4. The quantitative estimate of drug-likeness (QED) is 0.942. The Labute approximate surface area is 122 Å². The maximum absolute atomic E-state index is 12.2. The van der Waals surface area contributed by atoms with Crippen molar-refractivity contribution in [1.29, 1.82) is 0 Å². The Morgan fingerprint density at radius 1 is 1.50 bits per heavy atom. The van der Waals surface area contributed by atoms with Gasteiger partial charge in [0.15, 0.2) is 5.69 Å². The van der Waals surface area contributed by atoms with Crippen LogP contribution in [0, 0.1) is 6.92 Å². The van der Waals surface area contributed by atoms with Crippen molar-refractivity contribution in [2.75, 3.05) is 12.4 Å². The second kappa shape index (κ2) is 5.96. The molecular weight excluding hydrogens is 278 g/mol. The number of carbonyl (C=O) groups is 1. The number of carbonyl (C=O) groups excluding carboxylic acids is 1. The van der Waals surface area contributed by atoms with Crippen LogP contribution in [0.3, 0.4) is 0 Å². The van der Waals surface area contributed by atoms with Crippen LogP contribution in [-0.2, 0) is 6.54 Å². The molecule has 0 saturated carbocycles. The number of halogens is 1. The van der Waals surface area contributed by atoms with Crippen LogP contribution in [0.1, 0.15) is 23.0 Å².